The van der Waals surface area contributed by atoms with Crippen molar-refractivity contribution in [3.8, 4) is 0 Å². The highest BCUT2D eigenvalue weighted by Gasteiger charge is 2.29. The van der Waals surface area contributed by atoms with E-state index in [1.165, 1.54) is 12.1 Å². The van der Waals surface area contributed by atoms with Gasteiger partial charge in [-0.15, -0.1) is 0 Å². The molecule has 1 unspecified atom stereocenters. The number of para-hydroxylation sites is 1. The maximum atomic E-state index is 13.3. The van der Waals surface area contributed by atoms with E-state index < -0.39 is 0 Å². The van der Waals surface area contributed by atoms with Gasteiger partial charge in [0.05, 0.1) is 5.56 Å². The van der Waals surface area contributed by atoms with Crippen LogP contribution in [0.1, 0.15) is 22.1 Å². The second-order valence-corrected chi connectivity index (χ2v) is 4.56. The maximum absolute atomic E-state index is 13.3. The van der Waals surface area contributed by atoms with Gasteiger partial charge in [0.25, 0.3) is 5.91 Å². The third-order valence-electron chi connectivity index (χ3n) is 3.32. The Bertz CT molecular complexity index is 642. The molecule has 0 fully saturated rings. The van der Waals surface area contributed by atoms with Gasteiger partial charge in [-0.05, 0) is 29.8 Å². The molecule has 0 bridgehead atoms. The molecule has 96 valence electrons. The molecular weight excluding hydrogens is 243 g/mol. The van der Waals surface area contributed by atoms with Gasteiger partial charge in [-0.25, -0.2) is 4.39 Å². The molecule has 0 radical (unpaired) electrons. The zero-order valence-corrected chi connectivity index (χ0v) is 10.4. The summed E-state index contributed by atoms with van der Waals surface area (Å²) in [7, 11) is 1.71. The number of carbonyl (C=O) groups excluding carboxylic acids is 1. The maximum Gasteiger partial charge on any atom is 0.257 e. The third-order valence-corrected chi connectivity index (χ3v) is 3.32. The first-order valence-electron chi connectivity index (χ1n) is 6.05. The number of nitrogens with one attached hydrogen (secondary N) is 1. The lowest BCUT2D eigenvalue weighted by molar-refractivity contribution is 0.0735. The van der Waals surface area contributed by atoms with Crippen LogP contribution in [0.3, 0.4) is 0 Å². The van der Waals surface area contributed by atoms with Crippen molar-refractivity contribution in [2.75, 3.05) is 12.4 Å². The molecule has 2 aromatic carbocycles. The van der Waals surface area contributed by atoms with Gasteiger partial charge in [-0.3, -0.25) is 4.79 Å². The SMILES string of the molecule is CN1C(=O)c2ccccc2NC1c1cccc(F)c1. The second-order valence-electron chi connectivity index (χ2n) is 4.56. The molecule has 1 heterocycles. The Hall–Kier alpha value is -2.36. The summed E-state index contributed by atoms with van der Waals surface area (Å²) < 4.78 is 13.3. The van der Waals surface area contributed by atoms with Crippen molar-refractivity contribution in [1.29, 1.82) is 0 Å². The third kappa shape index (κ3) is 1.95. The van der Waals surface area contributed by atoms with E-state index >= 15 is 0 Å². The predicted molar refractivity (Wildman–Crippen MR) is 71.3 cm³/mol. The number of hydrogen-bond donors (Lipinski definition) is 1. The molecule has 1 amide bonds. The summed E-state index contributed by atoms with van der Waals surface area (Å²) in [5.74, 6) is -0.373. The number of carbonyl (C=O) groups is 1. The lowest BCUT2D eigenvalue weighted by Crippen LogP contribution is -2.40. The standard InChI is InChI=1S/C15H13FN2O/c1-18-14(10-5-4-6-11(16)9-10)17-13-8-3-2-7-12(13)15(18)19/h2-9,14,17H,1H3. The first kappa shape index (κ1) is 11.7. The average Bonchev–Trinajstić information content (AvgIpc) is 2.43. The van der Waals surface area contributed by atoms with Crippen LogP contribution in [0.5, 0.6) is 0 Å². The predicted octanol–water partition coefficient (Wildman–Crippen LogP) is 3.02. The Balaban J connectivity index is 2.04. The molecule has 3 nitrogen and oxygen atoms in total. The summed E-state index contributed by atoms with van der Waals surface area (Å²) in [4.78, 5) is 13.9. The van der Waals surface area contributed by atoms with Gasteiger partial charge in [0, 0.05) is 12.7 Å². The van der Waals surface area contributed by atoms with Crippen LogP contribution >= 0.6 is 0 Å². The molecule has 1 aliphatic heterocycles. The van der Waals surface area contributed by atoms with Crippen molar-refractivity contribution in [2.24, 2.45) is 0 Å². The van der Waals surface area contributed by atoms with Crippen molar-refractivity contribution in [3.63, 3.8) is 0 Å². The summed E-state index contributed by atoms with van der Waals surface area (Å²) in [5, 5.41) is 3.26. The zero-order chi connectivity index (χ0) is 13.4. The van der Waals surface area contributed by atoms with Crippen LogP contribution in [0.15, 0.2) is 48.5 Å². The Morgan fingerprint density at radius 2 is 1.95 bits per heavy atom. The van der Waals surface area contributed by atoms with E-state index in [4.69, 9.17) is 0 Å². The number of fused-ring (bicyclic) bond motifs is 1. The molecule has 3 rings (SSSR count). The fourth-order valence-electron chi connectivity index (χ4n) is 2.33. The largest absolute Gasteiger partial charge is 0.361 e. The highest BCUT2D eigenvalue weighted by atomic mass is 19.1. The van der Waals surface area contributed by atoms with Crippen LogP contribution in [-0.2, 0) is 0 Å². The number of nitrogens with zero attached hydrogens (tertiary/aromatic N) is 1. The number of amides is 1. The fraction of sp³-hybridized carbons (Fsp3) is 0.133. The van der Waals surface area contributed by atoms with E-state index in [-0.39, 0.29) is 17.9 Å². The van der Waals surface area contributed by atoms with Crippen LogP contribution in [0.25, 0.3) is 0 Å². The van der Waals surface area contributed by atoms with Crippen LogP contribution in [0, 0.1) is 5.82 Å². The van der Waals surface area contributed by atoms with E-state index in [9.17, 15) is 9.18 Å². The second kappa shape index (κ2) is 4.39. The van der Waals surface area contributed by atoms with Crippen LogP contribution in [0.4, 0.5) is 10.1 Å². The van der Waals surface area contributed by atoms with Crippen molar-refractivity contribution < 1.29 is 9.18 Å². The molecule has 1 aliphatic rings. The Kier molecular flexibility index (Phi) is 2.71. The molecule has 0 spiro atoms. The number of benzene rings is 2. The lowest BCUT2D eigenvalue weighted by Gasteiger charge is -2.35. The summed E-state index contributed by atoms with van der Waals surface area (Å²) in [5.41, 5.74) is 2.14. The summed E-state index contributed by atoms with van der Waals surface area (Å²) in [6.45, 7) is 0. The molecule has 1 atom stereocenters. The summed E-state index contributed by atoms with van der Waals surface area (Å²) in [6, 6.07) is 13.6. The first-order valence-corrected chi connectivity index (χ1v) is 6.05. The molecule has 0 saturated heterocycles. The minimum absolute atomic E-state index is 0.0661. The van der Waals surface area contributed by atoms with Gasteiger partial charge in [0.15, 0.2) is 0 Å². The number of hydrogen-bond acceptors (Lipinski definition) is 2. The van der Waals surface area contributed by atoms with Gasteiger partial charge in [-0.2, -0.15) is 0 Å². The Morgan fingerprint density at radius 3 is 2.74 bits per heavy atom. The summed E-state index contributed by atoms with van der Waals surface area (Å²) >= 11 is 0. The molecule has 19 heavy (non-hydrogen) atoms. The quantitative estimate of drug-likeness (QED) is 0.850. The van der Waals surface area contributed by atoms with Crippen molar-refractivity contribution in [3.05, 3.63) is 65.5 Å². The molecule has 1 N–H and O–H groups in total. The molecule has 4 heteroatoms. The normalized spacial score (nSPS) is 17.9. The monoisotopic (exact) mass is 256 g/mol. The van der Waals surface area contributed by atoms with Crippen LogP contribution in [0.2, 0.25) is 0 Å². The lowest BCUT2D eigenvalue weighted by atomic mass is 10.0. The van der Waals surface area contributed by atoms with E-state index in [1.807, 2.05) is 18.2 Å². The number of halogens is 1. The fourth-order valence-corrected chi connectivity index (χ4v) is 2.33. The van der Waals surface area contributed by atoms with Gasteiger partial charge >= 0.3 is 0 Å². The van der Waals surface area contributed by atoms with Crippen molar-refractivity contribution in [2.45, 2.75) is 6.17 Å². The Morgan fingerprint density at radius 1 is 1.16 bits per heavy atom. The number of anilines is 1. The average molecular weight is 256 g/mol. The van der Waals surface area contributed by atoms with Crippen molar-refractivity contribution >= 4 is 11.6 Å². The van der Waals surface area contributed by atoms with E-state index in [0.29, 0.717) is 5.56 Å². The van der Waals surface area contributed by atoms with Gasteiger partial charge in [0.1, 0.15) is 12.0 Å². The smallest absolute Gasteiger partial charge is 0.257 e. The van der Waals surface area contributed by atoms with Crippen LogP contribution in [-0.4, -0.2) is 17.9 Å². The summed E-state index contributed by atoms with van der Waals surface area (Å²) in [6.07, 6.45) is -0.349. The topological polar surface area (TPSA) is 32.3 Å². The van der Waals surface area contributed by atoms with Crippen LogP contribution < -0.4 is 5.32 Å². The number of rotatable bonds is 1. The van der Waals surface area contributed by atoms with E-state index in [1.54, 1.807) is 30.1 Å². The van der Waals surface area contributed by atoms with Gasteiger partial charge in [-0.1, -0.05) is 24.3 Å². The van der Waals surface area contributed by atoms with Crippen molar-refractivity contribution in [1.82, 2.24) is 4.90 Å². The van der Waals surface area contributed by atoms with Gasteiger partial charge in [0.2, 0.25) is 0 Å². The molecule has 2 aromatic rings. The molecule has 0 saturated carbocycles. The first-order chi connectivity index (χ1) is 9.16. The zero-order valence-electron chi connectivity index (χ0n) is 10.4. The Labute approximate surface area is 110 Å². The van der Waals surface area contributed by atoms with E-state index in [0.717, 1.165) is 11.3 Å². The minimum Gasteiger partial charge on any atom is -0.361 e. The van der Waals surface area contributed by atoms with Gasteiger partial charge < -0.3 is 10.2 Å². The molecule has 0 aliphatic carbocycles. The van der Waals surface area contributed by atoms with E-state index in [2.05, 4.69) is 5.32 Å². The highest BCUT2D eigenvalue weighted by molar-refractivity contribution is 6.01. The molecular formula is C15H13FN2O. The minimum atomic E-state index is -0.349. The highest BCUT2D eigenvalue weighted by Crippen LogP contribution is 2.31. The molecule has 0 aromatic heterocycles.